The molecule has 0 aliphatic heterocycles. The first kappa shape index (κ1) is 19.6. The van der Waals surface area contributed by atoms with Crippen LogP contribution in [0.25, 0.3) is 0 Å². The zero-order chi connectivity index (χ0) is 18.1. The van der Waals surface area contributed by atoms with Gasteiger partial charge in [0.15, 0.2) is 5.11 Å². The maximum Gasteiger partial charge on any atom is 0.257 e. The van der Waals surface area contributed by atoms with Gasteiger partial charge in [-0.2, -0.15) is 0 Å². The number of hydrogen-bond acceptors (Lipinski definition) is 4. The molecule has 0 radical (unpaired) electrons. The van der Waals surface area contributed by atoms with Gasteiger partial charge in [0.2, 0.25) is 0 Å². The van der Waals surface area contributed by atoms with Crippen molar-refractivity contribution < 1.29 is 14.3 Å². The van der Waals surface area contributed by atoms with Crippen LogP contribution in [0.1, 0.15) is 17.3 Å². The van der Waals surface area contributed by atoms with Crippen LogP contribution in [0.15, 0.2) is 48.5 Å². The van der Waals surface area contributed by atoms with E-state index in [1.54, 1.807) is 12.1 Å². The Labute approximate surface area is 166 Å². The summed E-state index contributed by atoms with van der Waals surface area (Å²) in [4.78, 5) is 12.2. The van der Waals surface area contributed by atoms with E-state index in [4.69, 9.17) is 21.7 Å². The highest BCUT2D eigenvalue weighted by atomic mass is 127. The van der Waals surface area contributed by atoms with E-state index in [9.17, 15) is 4.79 Å². The van der Waals surface area contributed by atoms with Crippen molar-refractivity contribution in [2.75, 3.05) is 25.1 Å². The molecule has 2 N–H and O–H groups in total. The topological polar surface area (TPSA) is 59.6 Å². The van der Waals surface area contributed by atoms with E-state index in [1.165, 1.54) is 0 Å². The first-order valence-corrected chi connectivity index (χ1v) is 9.26. The molecule has 25 heavy (non-hydrogen) atoms. The summed E-state index contributed by atoms with van der Waals surface area (Å²) in [5, 5.41) is 5.88. The normalized spacial score (nSPS) is 10.2. The lowest BCUT2D eigenvalue weighted by molar-refractivity contribution is 0.0977. The summed E-state index contributed by atoms with van der Waals surface area (Å²) in [6.07, 6.45) is 0. The predicted octanol–water partition coefficient (Wildman–Crippen LogP) is 3.83. The fourth-order valence-electron chi connectivity index (χ4n) is 2.01. The highest BCUT2D eigenvalue weighted by Gasteiger charge is 2.10. The number of carbonyl (C=O) groups is 1. The molecule has 0 aliphatic carbocycles. The maximum absolute atomic E-state index is 12.2. The summed E-state index contributed by atoms with van der Waals surface area (Å²) in [5.74, 6) is 0.388. The van der Waals surface area contributed by atoms with Crippen LogP contribution < -0.4 is 15.4 Å². The third kappa shape index (κ3) is 6.60. The number of para-hydroxylation sites is 2. The number of anilines is 1. The van der Waals surface area contributed by atoms with Gasteiger partial charge >= 0.3 is 0 Å². The van der Waals surface area contributed by atoms with Crippen LogP contribution in [0, 0.1) is 3.57 Å². The fourth-order valence-corrected chi connectivity index (χ4v) is 2.75. The Kier molecular flexibility index (Phi) is 8.10. The van der Waals surface area contributed by atoms with Gasteiger partial charge in [-0.25, -0.2) is 0 Å². The maximum atomic E-state index is 12.2. The summed E-state index contributed by atoms with van der Waals surface area (Å²) in [5.41, 5.74) is 1.24. The Morgan fingerprint density at radius 3 is 2.72 bits per heavy atom. The molecule has 2 rings (SSSR count). The minimum atomic E-state index is -0.259. The molecule has 1 amide bonds. The Morgan fingerprint density at radius 1 is 1.16 bits per heavy atom. The minimum Gasteiger partial charge on any atom is -0.489 e. The second kappa shape index (κ2) is 10.3. The van der Waals surface area contributed by atoms with Crippen molar-refractivity contribution in [3.8, 4) is 5.75 Å². The number of ether oxygens (including phenoxy) is 2. The molecule has 0 aliphatic rings. The van der Waals surface area contributed by atoms with Gasteiger partial charge in [0.25, 0.3) is 5.91 Å². The van der Waals surface area contributed by atoms with Crippen LogP contribution in [-0.2, 0) is 4.74 Å². The first-order chi connectivity index (χ1) is 12.1. The highest BCUT2D eigenvalue weighted by Crippen LogP contribution is 2.23. The number of hydrogen-bond donors (Lipinski definition) is 2. The van der Waals surface area contributed by atoms with Crippen molar-refractivity contribution in [2.45, 2.75) is 6.92 Å². The number of halogens is 1. The van der Waals surface area contributed by atoms with E-state index < -0.39 is 0 Å². The molecule has 7 heteroatoms. The van der Waals surface area contributed by atoms with Gasteiger partial charge in [-0.3, -0.25) is 10.1 Å². The van der Waals surface area contributed by atoms with E-state index in [1.807, 2.05) is 43.3 Å². The minimum absolute atomic E-state index is 0.213. The van der Waals surface area contributed by atoms with Gasteiger partial charge in [0, 0.05) is 15.7 Å². The van der Waals surface area contributed by atoms with Gasteiger partial charge in [-0.1, -0.05) is 18.2 Å². The molecular formula is C18H19IN2O3S. The standard InChI is InChI=1S/C18H19IN2O3S/c1-2-23-10-11-24-16-9-4-3-8-15(16)20-18(25)21-17(22)13-6-5-7-14(19)12-13/h3-9,12H,2,10-11H2,1H3,(H2,20,21,22,25). The molecule has 0 heterocycles. The quantitative estimate of drug-likeness (QED) is 0.366. The summed E-state index contributed by atoms with van der Waals surface area (Å²) < 4.78 is 11.9. The molecule has 0 aromatic heterocycles. The second-order valence-electron chi connectivity index (χ2n) is 4.96. The molecule has 2 aromatic carbocycles. The third-order valence-electron chi connectivity index (χ3n) is 3.14. The Balaban J connectivity index is 1.95. The van der Waals surface area contributed by atoms with Gasteiger partial charge in [0.1, 0.15) is 12.4 Å². The molecule has 2 aromatic rings. The Hall–Kier alpha value is -1.71. The fraction of sp³-hybridized carbons (Fsp3) is 0.222. The van der Waals surface area contributed by atoms with E-state index in [0.717, 1.165) is 3.57 Å². The van der Waals surface area contributed by atoms with Crippen molar-refractivity contribution in [3.63, 3.8) is 0 Å². The largest absolute Gasteiger partial charge is 0.489 e. The van der Waals surface area contributed by atoms with Crippen molar-refractivity contribution in [3.05, 3.63) is 57.7 Å². The number of nitrogens with one attached hydrogen (secondary N) is 2. The van der Waals surface area contributed by atoms with Crippen molar-refractivity contribution in [1.82, 2.24) is 5.32 Å². The molecular weight excluding hydrogens is 451 g/mol. The lowest BCUT2D eigenvalue weighted by atomic mass is 10.2. The monoisotopic (exact) mass is 470 g/mol. The molecule has 0 atom stereocenters. The Morgan fingerprint density at radius 2 is 1.96 bits per heavy atom. The lowest BCUT2D eigenvalue weighted by Crippen LogP contribution is -2.34. The molecule has 0 unspecified atom stereocenters. The van der Waals surface area contributed by atoms with Crippen LogP contribution in [0.5, 0.6) is 5.75 Å². The van der Waals surface area contributed by atoms with Crippen molar-refractivity contribution in [1.29, 1.82) is 0 Å². The molecule has 0 bridgehead atoms. The number of thiocarbonyl (C=S) groups is 1. The number of rotatable bonds is 7. The van der Waals surface area contributed by atoms with Gasteiger partial charge < -0.3 is 14.8 Å². The van der Waals surface area contributed by atoms with Crippen molar-refractivity contribution >= 4 is 51.5 Å². The average Bonchev–Trinajstić information content (AvgIpc) is 2.60. The van der Waals surface area contributed by atoms with E-state index in [0.29, 0.717) is 36.8 Å². The summed E-state index contributed by atoms with van der Waals surface area (Å²) in [6, 6.07) is 14.7. The van der Waals surface area contributed by atoms with Crippen LogP contribution in [0.4, 0.5) is 5.69 Å². The smallest absolute Gasteiger partial charge is 0.257 e. The van der Waals surface area contributed by atoms with Crippen molar-refractivity contribution in [2.24, 2.45) is 0 Å². The van der Waals surface area contributed by atoms with Crippen LogP contribution >= 0.6 is 34.8 Å². The zero-order valence-electron chi connectivity index (χ0n) is 13.8. The molecule has 5 nitrogen and oxygen atoms in total. The van der Waals surface area contributed by atoms with Crippen LogP contribution in [0.2, 0.25) is 0 Å². The number of amides is 1. The third-order valence-corrected chi connectivity index (χ3v) is 4.01. The van der Waals surface area contributed by atoms with Gasteiger partial charge in [-0.05, 0) is 72.1 Å². The van der Waals surface area contributed by atoms with Gasteiger partial charge in [-0.15, -0.1) is 0 Å². The second-order valence-corrected chi connectivity index (χ2v) is 6.61. The average molecular weight is 470 g/mol. The highest BCUT2D eigenvalue weighted by molar-refractivity contribution is 14.1. The van der Waals surface area contributed by atoms with E-state index in [2.05, 4.69) is 33.2 Å². The molecule has 0 spiro atoms. The predicted molar refractivity (Wildman–Crippen MR) is 111 cm³/mol. The first-order valence-electron chi connectivity index (χ1n) is 7.77. The van der Waals surface area contributed by atoms with E-state index >= 15 is 0 Å². The summed E-state index contributed by atoms with van der Waals surface area (Å²) in [7, 11) is 0. The SMILES string of the molecule is CCOCCOc1ccccc1NC(=S)NC(=O)c1cccc(I)c1. The summed E-state index contributed by atoms with van der Waals surface area (Å²) in [6.45, 7) is 3.54. The molecule has 0 saturated carbocycles. The summed E-state index contributed by atoms with van der Waals surface area (Å²) >= 11 is 7.39. The molecule has 132 valence electrons. The zero-order valence-corrected chi connectivity index (χ0v) is 16.7. The van der Waals surface area contributed by atoms with Gasteiger partial charge in [0.05, 0.1) is 12.3 Å². The lowest BCUT2D eigenvalue weighted by Gasteiger charge is -2.14. The number of benzene rings is 2. The molecule has 0 fully saturated rings. The van der Waals surface area contributed by atoms with Crippen LogP contribution in [-0.4, -0.2) is 30.8 Å². The van der Waals surface area contributed by atoms with Crippen LogP contribution in [0.3, 0.4) is 0 Å². The molecule has 0 saturated heterocycles. The number of carbonyl (C=O) groups excluding carboxylic acids is 1. The Bertz CT molecular complexity index is 740. The van der Waals surface area contributed by atoms with E-state index in [-0.39, 0.29) is 11.0 Å².